The van der Waals surface area contributed by atoms with Gasteiger partial charge in [0.2, 0.25) is 0 Å². The van der Waals surface area contributed by atoms with Gasteiger partial charge in [-0.3, -0.25) is 0 Å². The van der Waals surface area contributed by atoms with Crippen molar-refractivity contribution < 1.29 is 0 Å². The van der Waals surface area contributed by atoms with Crippen molar-refractivity contribution in [3.63, 3.8) is 0 Å². The Morgan fingerprint density at radius 2 is 1.95 bits per heavy atom. The molecule has 0 atom stereocenters. The highest BCUT2D eigenvalue weighted by Gasteiger charge is 2.14. The van der Waals surface area contributed by atoms with Crippen LogP contribution in [-0.4, -0.2) is 15.2 Å². The van der Waals surface area contributed by atoms with E-state index in [0.29, 0.717) is 10.8 Å². The quantitative estimate of drug-likeness (QED) is 0.828. The molecular formula is C16H20N4S. The van der Waals surface area contributed by atoms with Gasteiger partial charge in [0.1, 0.15) is 4.99 Å². The second-order valence-corrected chi connectivity index (χ2v) is 5.47. The first-order valence-corrected chi connectivity index (χ1v) is 7.44. The first-order valence-electron chi connectivity index (χ1n) is 7.03. The first-order chi connectivity index (χ1) is 10.0. The number of aromatic nitrogens is 2. The zero-order chi connectivity index (χ0) is 15.4. The normalized spacial score (nSPS) is 10.4. The molecule has 0 amide bonds. The van der Waals surface area contributed by atoms with E-state index in [1.807, 2.05) is 32.0 Å². The minimum absolute atomic E-state index is 0.334. The van der Waals surface area contributed by atoms with E-state index in [0.717, 1.165) is 35.3 Å². The van der Waals surface area contributed by atoms with Crippen LogP contribution in [-0.2, 0) is 6.42 Å². The lowest BCUT2D eigenvalue weighted by Gasteiger charge is -2.15. The van der Waals surface area contributed by atoms with Gasteiger partial charge in [-0.25, -0.2) is 0 Å². The maximum Gasteiger partial charge on any atom is 0.163 e. The first kappa shape index (κ1) is 15.4. The summed E-state index contributed by atoms with van der Waals surface area (Å²) in [6, 6.07) is 8.18. The van der Waals surface area contributed by atoms with Crippen molar-refractivity contribution in [1.82, 2.24) is 10.2 Å². The van der Waals surface area contributed by atoms with E-state index in [2.05, 4.69) is 28.5 Å². The zero-order valence-electron chi connectivity index (χ0n) is 12.6. The summed E-state index contributed by atoms with van der Waals surface area (Å²) < 4.78 is 0. The molecule has 21 heavy (non-hydrogen) atoms. The third kappa shape index (κ3) is 3.36. The molecule has 0 saturated carbocycles. The minimum Gasteiger partial charge on any atom is -0.389 e. The highest BCUT2D eigenvalue weighted by Crippen LogP contribution is 2.25. The van der Waals surface area contributed by atoms with Gasteiger partial charge in [-0.05, 0) is 37.5 Å². The van der Waals surface area contributed by atoms with E-state index in [-0.39, 0.29) is 0 Å². The molecule has 0 unspecified atom stereocenters. The van der Waals surface area contributed by atoms with Gasteiger partial charge in [-0.15, -0.1) is 5.10 Å². The molecule has 5 heteroatoms. The Morgan fingerprint density at radius 1 is 1.24 bits per heavy atom. The molecule has 0 fully saturated rings. The van der Waals surface area contributed by atoms with Crippen LogP contribution in [0.25, 0.3) is 0 Å². The number of benzene rings is 1. The summed E-state index contributed by atoms with van der Waals surface area (Å²) >= 11 is 5.17. The van der Waals surface area contributed by atoms with Gasteiger partial charge in [-0.2, -0.15) is 5.10 Å². The number of rotatable bonds is 5. The van der Waals surface area contributed by atoms with Crippen molar-refractivity contribution >= 4 is 28.7 Å². The Balaban J connectivity index is 2.45. The summed E-state index contributed by atoms with van der Waals surface area (Å²) in [5, 5.41) is 11.7. The summed E-state index contributed by atoms with van der Waals surface area (Å²) in [7, 11) is 0. The van der Waals surface area contributed by atoms with Crippen molar-refractivity contribution in [2.45, 2.75) is 33.6 Å². The second-order valence-electron chi connectivity index (χ2n) is 5.03. The van der Waals surface area contributed by atoms with Crippen LogP contribution in [0.3, 0.4) is 0 Å². The number of para-hydroxylation sites is 1. The van der Waals surface area contributed by atoms with Gasteiger partial charge in [0, 0.05) is 5.69 Å². The van der Waals surface area contributed by atoms with Gasteiger partial charge >= 0.3 is 0 Å². The summed E-state index contributed by atoms with van der Waals surface area (Å²) in [5.41, 5.74) is 10.7. The van der Waals surface area contributed by atoms with Gasteiger partial charge in [-0.1, -0.05) is 43.8 Å². The molecule has 0 aliphatic heterocycles. The maximum atomic E-state index is 5.86. The average Bonchev–Trinajstić information content (AvgIpc) is 2.45. The van der Waals surface area contributed by atoms with Crippen molar-refractivity contribution in [3.05, 3.63) is 46.6 Å². The number of nitrogens with two attached hydrogens (primary N) is 1. The molecule has 0 aliphatic rings. The van der Waals surface area contributed by atoms with Crippen LogP contribution >= 0.6 is 12.2 Å². The summed E-state index contributed by atoms with van der Waals surface area (Å²) in [6.07, 6.45) is 2.09. The number of anilines is 2. The van der Waals surface area contributed by atoms with Crippen LogP contribution in [0, 0.1) is 13.8 Å². The SMILES string of the molecule is CCCc1ccccc1Nc1nnc(C)c(C)c1C(N)=S. The molecule has 2 aromatic rings. The second kappa shape index (κ2) is 6.63. The lowest BCUT2D eigenvalue weighted by atomic mass is 10.1. The fraction of sp³-hybridized carbons (Fsp3) is 0.312. The summed E-state index contributed by atoms with van der Waals surface area (Å²) in [4.78, 5) is 0.334. The van der Waals surface area contributed by atoms with Gasteiger partial charge in [0.25, 0.3) is 0 Å². The zero-order valence-corrected chi connectivity index (χ0v) is 13.4. The van der Waals surface area contributed by atoms with Crippen molar-refractivity contribution in [1.29, 1.82) is 0 Å². The Kier molecular flexibility index (Phi) is 4.85. The van der Waals surface area contributed by atoms with Crippen LogP contribution < -0.4 is 11.1 Å². The molecule has 0 radical (unpaired) electrons. The van der Waals surface area contributed by atoms with Crippen LogP contribution in [0.4, 0.5) is 11.5 Å². The van der Waals surface area contributed by atoms with E-state index in [9.17, 15) is 0 Å². The number of nitrogens with zero attached hydrogens (tertiary/aromatic N) is 2. The van der Waals surface area contributed by atoms with E-state index >= 15 is 0 Å². The number of nitrogens with one attached hydrogen (secondary N) is 1. The van der Waals surface area contributed by atoms with Crippen molar-refractivity contribution in [2.75, 3.05) is 5.32 Å². The van der Waals surface area contributed by atoms with Crippen LogP contribution in [0.15, 0.2) is 24.3 Å². The smallest absolute Gasteiger partial charge is 0.163 e. The van der Waals surface area contributed by atoms with E-state index in [4.69, 9.17) is 18.0 Å². The molecule has 1 heterocycles. The monoisotopic (exact) mass is 300 g/mol. The van der Waals surface area contributed by atoms with E-state index in [1.54, 1.807) is 0 Å². The lowest BCUT2D eigenvalue weighted by Crippen LogP contribution is -2.17. The largest absolute Gasteiger partial charge is 0.389 e. The standard InChI is InChI=1S/C16H20N4S/c1-4-7-12-8-5-6-9-13(12)18-16-14(15(17)21)10(2)11(3)19-20-16/h5-6,8-9H,4,7H2,1-3H3,(H2,17,21)(H,18,20). The van der Waals surface area contributed by atoms with Crippen molar-refractivity contribution in [2.24, 2.45) is 5.73 Å². The maximum absolute atomic E-state index is 5.86. The Bertz CT molecular complexity index is 667. The molecule has 0 saturated heterocycles. The fourth-order valence-electron chi connectivity index (χ4n) is 2.25. The molecule has 3 N–H and O–H groups in total. The van der Waals surface area contributed by atoms with Gasteiger partial charge in [0.15, 0.2) is 5.82 Å². The molecule has 4 nitrogen and oxygen atoms in total. The Hall–Kier alpha value is -2.01. The predicted molar refractivity (Wildman–Crippen MR) is 91.1 cm³/mol. The molecule has 0 bridgehead atoms. The number of thiocarbonyl (C=S) groups is 1. The predicted octanol–water partition coefficient (Wildman–Crippen LogP) is 3.42. The molecule has 110 valence electrons. The average molecular weight is 300 g/mol. The number of hydrogen-bond acceptors (Lipinski definition) is 4. The molecule has 0 spiro atoms. The molecule has 0 aliphatic carbocycles. The summed E-state index contributed by atoms with van der Waals surface area (Å²) in [6.45, 7) is 6.02. The van der Waals surface area contributed by atoms with Crippen LogP contribution in [0.2, 0.25) is 0 Å². The highest BCUT2D eigenvalue weighted by atomic mass is 32.1. The van der Waals surface area contributed by atoms with Crippen molar-refractivity contribution in [3.8, 4) is 0 Å². The Labute approximate surface area is 130 Å². The summed E-state index contributed by atoms with van der Waals surface area (Å²) in [5.74, 6) is 0.620. The van der Waals surface area contributed by atoms with Gasteiger partial charge in [0.05, 0.1) is 11.3 Å². The van der Waals surface area contributed by atoms with E-state index in [1.165, 1.54) is 5.56 Å². The molecule has 2 rings (SSSR count). The third-order valence-electron chi connectivity index (χ3n) is 3.49. The minimum atomic E-state index is 0.334. The van der Waals surface area contributed by atoms with Crippen LogP contribution in [0.5, 0.6) is 0 Å². The topological polar surface area (TPSA) is 63.8 Å². The molecule has 1 aromatic carbocycles. The van der Waals surface area contributed by atoms with E-state index < -0.39 is 0 Å². The fourth-order valence-corrected chi connectivity index (χ4v) is 2.50. The number of aryl methyl sites for hydroxylation is 2. The third-order valence-corrected chi connectivity index (χ3v) is 3.69. The molecule has 1 aromatic heterocycles. The molecular weight excluding hydrogens is 280 g/mol. The highest BCUT2D eigenvalue weighted by molar-refractivity contribution is 7.80. The van der Waals surface area contributed by atoms with Gasteiger partial charge < -0.3 is 11.1 Å². The Morgan fingerprint density at radius 3 is 2.62 bits per heavy atom. The van der Waals surface area contributed by atoms with Crippen LogP contribution in [0.1, 0.15) is 35.7 Å². The number of hydrogen-bond donors (Lipinski definition) is 2. The lowest BCUT2D eigenvalue weighted by molar-refractivity contribution is 0.921.